The van der Waals surface area contributed by atoms with Crippen molar-refractivity contribution in [3.05, 3.63) is 0 Å². The van der Waals surface area contributed by atoms with Crippen LogP contribution in [-0.4, -0.2) is 43.0 Å². The fraction of sp³-hybridized carbons (Fsp3) is 0.938. The van der Waals surface area contributed by atoms with Crippen LogP contribution in [-0.2, 0) is 9.47 Å². The summed E-state index contributed by atoms with van der Waals surface area (Å²) in [4.78, 5) is 12.0. The van der Waals surface area contributed by atoms with Crippen molar-refractivity contribution >= 4 is 6.09 Å². The molecule has 2 aliphatic rings. The van der Waals surface area contributed by atoms with E-state index in [0.29, 0.717) is 6.04 Å². The largest absolute Gasteiger partial charge is 0.444 e. The summed E-state index contributed by atoms with van der Waals surface area (Å²) in [5.74, 6) is 0. The van der Waals surface area contributed by atoms with Crippen LogP contribution in [0.25, 0.3) is 0 Å². The molecule has 0 bridgehead atoms. The minimum atomic E-state index is -0.443. The highest BCUT2D eigenvalue weighted by molar-refractivity contribution is 5.69. The van der Waals surface area contributed by atoms with E-state index in [1.165, 1.54) is 6.42 Å². The Hall–Kier alpha value is -0.810. The molecule has 1 saturated carbocycles. The number of carbonyl (C=O) groups is 1. The second-order valence-corrected chi connectivity index (χ2v) is 7.38. The van der Waals surface area contributed by atoms with Gasteiger partial charge in [-0.05, 0) is 59.3 Å². The number of rotatable bonds is 4. The van der Waals surface area contributed by atoms with Gasteiger partial charge in [0, 0.05) is 25.8 Å². The molecule has 5 nitrogen and oxygen atoms in total. The first-order valence-corrected chi connectivity index (χ1v) is 8.21. The maximum absolute atomic E-state index is 12.0. The SMILES string of the molecule is CC(C)(C)OC(=O)NC1(CNC2CCCOCC2)CCC1. The number of nitrogens with one attached hydrogen (secondary N) is 2. The third-order valence-electron chi connectivity index (χ3n) is 4.26. The first kappa shape index (κ1) is 16.6. The van der Waals surface area contributed by atoms with Crippen LogP contribution in [0, 0.1) is 0 Å². The molecule has 2 rings (SSSR count). The van der Waals surface area contributed by atoms with Gasteiger partial charge in [-0.25, -0.2) is 4.79 Å². The summed E-state index contributed by atoms with van der Waals surface area (Å²) in [7, 11) is 0. The Kier molecular flexibility index (Phi) is 5.49. The lowest BCUT2D eigenvalue weighted by molar-refractivity contribution is 0.0377. The number of carbonyl (C=O) groups excluding carboxylic acids is 1. The molecule has 1 aliphatic carbocycles. The van der Waals surface area contributed by atoms with Crippen LogP contribution >= 0.6 is 0 Å². The van der Waals surface area contributed by atoms with Crippen molar-refractivity contribution in [2.24, 2.45) is 0 Å². The van der Waals surface area contributed by atoms with E-state index in [1.807, 2.05) is 20.8 Å². The predicted molar refractivity (Wildman–Crippen MR) is 82.4 cm³/mol. The van der Waals surface area contributed by atoms with E-state index < -0.39 is 5.60 Å². The van der Waals surface area contributed by atoms with Crippen molar-refractivity contribution in [2.45, 2.75) is 76.5 Å². The molecule has 0 aromatic heterocycles. The third kappa shape index (κ3) is 5.47. The van der Waals surface area contributed by atoms with E-state index in [2.05, 4.69) is 10.6 Å². The van der Waals surface area contributed by atoms with Gasteiger partial charge in [-0.2, -0.15) is 0 Å². The Morgan fingerprint density at radius 2 is 2.00 bits per heavy atom. The van der Waals surface area contributed by atoms with E-state index in [1.54, 1.807) is 0 Å². The standard InChI is InChI=1S/C16H30N2O3/c1-15(2,3)21-14(19)18-16(8-5-9-16)12-17-13-6-4-10-20-11-7-13/h13,17H,4-12H2,1-3H3,(H,18,19). The van der Waals surface area contributed by atoms with Crippen molar-refractivity contribution < 1.29 is 14.3 Å². The van der Waals surface area contributed by atoms with Crippen LogP contribution in [0.15, 0.2) is 0 Å². The minimum Gasteiger partial charge on any atom is -0.444 e. The van der Waals surface area contributed by atoms with E-state index in [9.17, 15) is 4.79 Å². The molecule has 1 atom stereocenters. The number of ether oxygens (including phenoxy) is 2. The van der Waals surface area contributed by atoms with Crippen molar-refractivity contribution in [1.29, 1.82) is 0 Å². The molecule has 5 heteroatoms. The van der Waals surface area contributed by atoms with Crippen LogP contribution < -0.4 is 10.6 Å². The Bertz CT molecular complexity index is 340. The fourth-order valence-corrected chi connectivity index (χ4v) is 2.92. The fourth-order valence-electron chi connectivity index (χ4n) is 2.92. The smallest absolute Gasteiger partial charge is 0.408 e. The topological polar surface area (TPSA) is 59.6 Å². The molecule has 1 amide bonds. The average molecular weight is 298 g/mol. The summed E-state index contributed by atoms with van der Waals surface area (Å²) in [6.45, 7) is 8.22. The summed E-state index contributed by atoms with van der Waals surface area (Å²) in [5.41, 5.74) is -0.559. The lowest BCUT2D eigenvalue weighted by atomic mass is 9.76. The van der Waals surface area contributed by atoms with Crippen molar-refractivity contribution in [2.75, 3.05) is 19.8 Å². The molecule has 0 radical (unpaired) electrons. The third-order valence-corrected chi connectivity index (χ3v) is 4.26. The summed E-state index contributed by atoms with van der Waals surface area (Å²) >= 11 is 0. The van der Waals surface area contributed by atoms with Crippen molar-refractivity contribution in [3.63, 3.8) is 0 Å². The normalized spacial score (nSPS) is 25.6. The van der Waals surface area contributed by atoms with Gasteiger partial charge in [-0.3, -0.25) is 0 Å². The molecule has 122 valence electrons. The van der Waals surface area contributed by atoms with Gasteiger partial charge in [0.1, 0.15) is 5.60 Å². The van der Waals surface area contributed by atoms with Crippen LogP contribution in [0.2, 0.25) is 0 Å². The highest BCUT2D eigenvalue weighted by atomic mass is 16.6. The maximum atomic E-state index is 12.0. The van der Waals surface area contributed by atoms with Crippen LogP contribution in [0.5, 0.6) is 0 Å². The zero-order chi connectivity index (χ0) is 15.3. The predicted octanol–water partition coefficient (Wildman–Crippen LogP) is 2.59. The van der Waals surface area contributed by atoms with E-state index >= 15 is 0 Å². The summed E-state index contributed by atoms with van der Waals surface area (Å²) in [5, 5.41) is 6.71. The second kappa shape index (κ2) is 6.97. The zero-order valence-electron chi connectivity index (χ0n) is 13.7. The molecule has 1 heterocycles. The number of hydrogen-bond acceptors (Lipinski definition) is 4. The molecule has 0 aromatic rings. The highest BCUT2D eigenvalue weighted by Crippen LogP contribution is 2.32. The highest BCUT2D eigenvalue weighted by Gasteiger charge is 2.39. The Balaban J connectivity index is 1.79. The van der Waals surface area contributed by atoms with Gasteiger partial charge < -0.3 is 20.1 Å². The molecule has 0 spiro atoms. The Morgan fingerprint density at radius 1 is 1.24 bits per heavy atom. The summed E-state index contributed by atoms with van der Waals surface area (Å²) in [6.07, 6.45) is 6.26. The number of alkyl carbamates (subject to hydrolysis) is 1. The van der Waals surface area contributed by atoms with Crippen molar-refractivity contribution in [3.8, 4) is 0 Å². The molecule has 1 unspecified atom stereocenters. The monoisotopic (exact) mass is 298 g/mol. The lowest BCUT2D eigenvalue weighted by Gasteiger charge is -2.43. The van der Waals surface area contributed by atoms with E-state index in [0.717, 1.165) is 51.9 Å². The Labute approximate surface area is 128 Å². The first-order chi connectivity index (χ1) is 9.89. The molecule has 2 fully saturated rings. The quantitative estimate of drug-likeness (QED) is 0.837. The molecule has 2 N–H and O–H groups in total. The summed E-state index contributed by atoms with van der Waals surface area (Å²) in [6, 6.07) is 0.505. The van der Waals surface area contributed by atoms with Gasteiger partial charge in [0.05, 0.1) is 5.54 Å². The zero-order valence-corrected chi connectivity index (χ0v) is 13.7. The van der Waals surface area contributed by atoms with Gasteiger partial charge >= 0.3 is 6.09 Å². The van der Waals surface area contributed by atoms with Gasteiger partial charge in [0.2, 0.25) is 0 Å². The van der Waals surface area contributed by atoms with Gasteiger partial charge in [-0.15, -0.1) is 0 Å². The molecule has 1 saturated heterocycles. The van der Waals surface area contributed by atoms with Crippen molar-refractivity contribution in [1.82, 2.24) is 10.6 Å². The molecular formula is C16H30N2O3. The van der Waals surface area contributed by atoms with Crippen LogP contribution in [0.4, 0.5) is 4.79 Å². The maximum Gasteiger partial charge on any atom is 0.408 e. The van der Waals surface area contributed by atoms with Crippen LogP contribution in [0.1, 0.15) is 59.3 Å². The molecule has 1 aliphatic heterocycles. The van der Waals surface area contributed by atoms with Gasteiger partial charge in [0.15, 0.2) is 0 Å². The second-order valence-electron chi connectivity index (χ2n) is 7.38. The number of amides is 1. The van der Waals surface area contributed by atoms with Gasteiger partial charge in [-0.1, -0.05) is 0 Å². The van der Waals surface area contributed by atoms with E-state index in [-0.39, 0.29) is 11.6 Å². The minimum absolute atomic E-state index is 0.116. The van der Waals surface area contributed by atoms with E-state index in [4.69, 9.17) is 9.47 Å². The number of hydrogen-bond donors (Lipinski definition) is 2. The molecule has 0 aromatic carbocycles. The molecule has 21 heavy (non-hydrogen) atoms. The van der Waals surface area contributed by atoms with Crippen LogP contribution in [0.3, 0.4) is 0 Å². The average Bonchev–Trinajstić information content (AvgIpc) is 2.58. The summed E-state index contributed by atoms with van der Waals surface area (Å²) < 4.78 is 10.9. The molecular weight excluding hydrogens is 268 g/mol. The first-order valence-electron chi connectivity index (χ1n) is 8.21. The lowest BCUT2D eigenvalue weighted by Crippen LogP contribution is -2.60. The van der Waals surface area contributed by atoms with Gasteiger partial charge in [0.25, 0.3) is 0 Å². The Morgan fingerprint density at radius 3 is 2.62 bits per heavy atom.